The van der Waals surface area contributed by atoms with Crippen LogP contribution in [0.15, 0.2) is 97.2 Å². The summed E-state index contributed by atoms with van der Waals surface area (Å²) in [6.07, 6.45) is 62.2. The Labute approximate surface area is 492 Å². The molecule has 3 N–H and O–H groups in total. The molecule has 81 heavy (non-hydrogen) atoms. The summed E-state index contributed by atoms with van der Waals surface area (Å²) in [5.41, 5.74) is 0. The Hall–Kier alpha value is -4.36. The molecule has 0 spiro atoms. The third kappa shape index (κ3) is 45.8. The Bertz CT molecular complexity index is 1780. The molecule has 1 fully saturated rings. The Morgan fingerprint density at radius 1 is 0.420 bits per heavy atom. The minimum atomic E-state index is -1.91. The lowest BCUT2D eigenvalue weighted by molar-refractivity contribution is -0.301. The highest BCUT2D eigenvalue weighted by Crippen LogP contribution is 2.26. The molecule has 0 aromatic rings. The molecule has 6 unspecified atom stereocenters. The van der Waals surface area contributed by atoms with Crippen LogP contribution in [0.1, 0.15) is 265 Å². The summed E-state index contributed by atoms with van der Waals surface area (Å²) in [5, 5.41) is 31.6. The molecular formula is C69H114O12. The predicted molar refractivity (Wildman–Crippen MR) is 331 cm³/mol. The number of aliphatic hydroxyl groups is 2. The van der Waals surface area contributed by atoms with Crippen molar-refractivity contribution in [3.05, 3.63) is 97.2 Å². The number of aliphatic hydroxyl groups excluding tert-OH is 2. The van der Waals surface area contributed by atoms with Crippen LogP contribution in [0.3, 0.4) is 0 Å². The first kappa shape index (κ1) is 74.7. The van der Waals surface area contributed by atoms with Crippen molar-refractivity contribution in [2.24, 2.45) is 0 Å². The van der Waals surface area contributed by atoms with Gasteiger partial charge in [-0.3, -0.25) is 14.4 Å². The van der Waals surface area contributed by atoms with E-state index in [9.17, 15) is 34.5 Å². The van der Waals surface area contributed by atoms with Gasteiger partial charge in [0.15, 0.2) is 24.6 Å². The molecule has 1 heterocycles. The molecule has 0 amide bonds. The molecule has 6 atom stereocenters. The third-order valence-electron chi connectivity index (χ3n) is 14.1. The molecule has 1 saturated heterocycles. The maximum Gasteiger partial charge on any atom is 0.335 e. The highest BCUT2D eigenvalue weighted by atomic mass is 16.7. The summed E-state index contributed by atoms with van der Waals surface area (Å²) in [5.74, 6) is -3.16. The standard InChI is InChI=1S/C69H114O12/c1-4-7-10-13-16-19-22-25-28-30-31-33-35-37-40-43-46-49-52-55-61(70)77-58-60(79-62(71)56-53-50-47-44-41-38-34-27-24-21-18-15-12-9-6-3)59-78-69-67(65(74)64(73)66(81-69)68(75)76)80-63(72)57-54-51-48-45-42-39-36-32-29-26-23-20-17-14-11-8-5-2/h7,9-10,12,16,18-19,21,25-29,31,33-34,60,64-67,69,73-74H,4-6,8,11,13-15,17,20,22-24,30,32,35-59H2,1-3H3,(H,75,76)/b10-7-,12-9-,19-16-,21-18-,28-25-,29-26-,33-31-,34-27-. The van der Waals surface area contributed by atoms with Crippen molar-refractivity contribution in [2.45, 2.75) is 302 Å². The van der Waals surface area contributed by atoms with Crippen LogP contribution in [0, 0.1) is 0 Å². The van der Waals surface area contributed by atoms with Crippen molar-refractivity contribution in [1.29, 1.82) is 0 Å². The second-order valence-electron chi connectivity index (χ2n) is 21.6. The van der Waals surface area contributed by atoms with E-state index in [0.717, 1.165) is 154 Å². The topological polar surface area (TPSA) is 175 Å². The van der Waals surface area contributed by atoms with Gasteiger partial charge in [-0.2, -0.15) is 0 Å². The summed E-state index contributed by atoms with van der Waals surface area (Å²) in [7, 11) is 0. The summed E-state index contributed by atoms with van der Waals surface area (Å²) in [4.78, 5) is 51.3. The van der Waals surface area contributed by atoms with Gasteiger partial charge in [0, 0.05) is 19.3 Å². The highest BCUT2D eigenvalue weighted by molar-refractivity contribution is 5.74. The molecule has 1 aliphatic rings. The first-order valence-corrected chi connectivity index (χ1v) is 32.2. The number of aliphatic carboxylic acids is 1. The van der Waals surface area contributed by atoms with Gasteiger partial charge in [-0.1, -0.05) is 227 Å². The van der Waals surface area contributed by atoms with Gasteiger partial charge < -0.3 is 39.0 Å². The van der Waals surface area contributed by atoms with E-state index in [0.29, 0.717) is 19.3 Å². The molecular weight excluding hydrogens is 1020 g/mol. The zero-order valence-corrected chi connectivity index (χ0v) is 51.0. The van der Waals surface area contributed by atoms with Crippen LogP contribution in [0.5, 0.6) is 0 Å². The van der Waals surface area contributed by atoms with Crippen molar-refractivity contribution in [3.63, 3.8) is 0 Å². The number of rotatable bonds is 54. The summed E-state index contributed by atoms with van der Waals surface area (Å²) in [6.45, 7) is 5.75. The monoisotopic (exact) mass is 1130 g/mol. The lowest BCUT2D eigenvalue weighted by Gasteiger charge is -2.40. The van der Waals surface area contributed by atoms with Gasteiger partial charge in [0.2, 0.25) is 0 Å². The maximum atomic E-state index is 13.2. The largest absolute Gasteiger partial charge is 0.479 e. The van der Waals surface area contributed by atoms with Gasteiger partial charge in [0.25, 0.3) is 0 Å². The first-order chi connectivity index (χ1) is 39.6. The molecule has 462 valence electrons. The third-order valence-corrected chi connectivity index (χ3v) is 14.1. The number of hydrogen-bond acceptors (Lipinski definition) is 11. The number of carboxylic acids is 1. The maximum absolute atomic E-state index is 13.2. The fourth-order valence-corrected chi connectivity index (χ4v) is 9.25. The van der Waals surface area contributed by atoms with Crippen LogP contribution in [-0.4, -0.2) is 89.2 Å². The average molecular weight is 1140 g/mol. The van der Waals surface area contributed by atoms with Crippen molar-refractivity contribution in [1.82, 2.24) is 0 Å². The minimum absolute atomic E-state index is 0.0488. The Morgan fingerprint density at radius 3 is 1.20 bits per heavy atom. The molecule has 0 bridgehead atoms. The van der Waals surface area contributed by atoms with E-state index >= 15 is 0 Å². The van der Waals surface area contributed by atoms with Crippen LogP contribution >= 0.6 is 0 Å². The van der Waals surface area contributed by atoms with Crippen LogP contribution in [0.25, 0.3) is 0 Å². The molecule has 12 heteroatoms. The summed E-state index contributed by atoms with van der Waals surface area (Å²) < 4.78 is 28.5. The van der Waals surface area contributed by atoms with E-state index in [1.165, 1.54) is 51.4 Å². The van der Waals surface area contributed by atoms with Crippen molar-refractivity contribution in [3.8, 4) is 0 Å². The van der Waals surface area contributed by atoms with Crippen LogP contribution < -0.4 is 0 Å². The number of carboxylic acid groups (broad SMARTS) is 1. The fourth-order valence-electron chi connectivity index (χ4n) is 9.25. The molecule has 0 aliphatic carbocycles. The van der Waals surface area contributed by atoms with Gasteiger partial charge in [-0.15, -0.1) is 0 Å². The lowest BCUT2D eigenvalue weighted by Crippen LogP contribution is -2.61. The van der Waals surface area contributed by atoms with Gasteiger partial charge >= 0.3 is 23.9 Å². The number of hydrogen-bond donors (Lipinski definition) is 3. The Kier molecular flexibility index (Phi) is 51.7. The molecule has 0 saturated carbocycles. The van der Waals surface area contributed by atoms with E-state index in [2.05, 4.69) is 118 Å². The van der Waals surface area contributed by atoms with Crippen LogP contribution in [-0.2, 0) is 42.9 Å². The van der Waals surface area contributed by atoms with Gasteiger partial charge in [0.05, 0.1) is 6.61 Å². The van der Waals surface area contributed by atoms with Crippen molar-refractivity contribution < 1.29 is 58.2 Å². The molecule has 0 aromatic carbocycles. The summed E-state index contributed by atoms with van der Waals surface area (Å²) >= 11 is 0. The second kappa shape index (κ2) is 56.1. The number of esters is 3. The lowest BCUT2D eigenvalue weighted by atomic mass is 9.98. The average Bonchev–Trinajstić information content (AvgIpc) is 3.53. The van der Waals surface area contributed by atoms with Gasteiger partial charge in [0.1, 0.15) is 18.8 Å². The zero-order valence-electron chi connectivity index (χ0n) is 51.0. The van der Waals surface area contributed by atoms with Crippen LogP contribution in [0.2, 0.25) is 0 Å². The van der Waals surface area contributed by atoms with Crippen LogP contribution in [0.4, 0.5) is 0 Å². The predicted octanol–water partition coefficient (Wildman–Crippen LogP) is 17.2. The zero-order chi connectivity index (χ0) is 58.9. The van der Waals surface area contributed by atoms with E-state index < -0.39 is 67.3 Å². The quantitative estimate of drug-likeness (QED) is 0.0228. The number of allylic oxidation sites excluding steroid dienone is 16. The van der Waals surface area contributed by atoms with Crippen molar-refractivity contribution in [2.75, 3.05) is 13.2 Å². The number of carbonyl (C=O) groups is 4. The van der Waals surface area contributed by atoms with E-state index in [1.807, 2.05) is 0 Å². The van der Waals surface area contributed by atoms with Crippen molar-refractivity contribution >= 4 is 23.9 Å². The Balaban J connectivity index is 2.68. The molecule has 0 aromatic heterocycles. The molecule has 1 rings (SSSR count). The summed E-state index contributed by atoms with van der Waals surface area (Å²) in [6, 6.07) is 0. The molecule has 1 aliphatic heterocycles. The molecule has 0 radical (unpaired) electrons. The Morgan fingerprint density at radius 2 is 0.778 bits per heavy atom. The minimum Gasteiger partial charge on any atom is -0.479 e. The van der Waals surface area contributed by atoms with E-state index in [4.69, 9.17) is 23.7 Å². The first-order valence-electron chi connectivity index (χ1n) is 32.2. The molecule has 12 nitrogen and oxygen atoms in total. The second-order valence-corrected chi connectivity index (χ2v) is 21.6. The van der Waals surface area contributed by atoms with E-state index in [-0.39, 0.29) is 25.9 Å². The highest BCUT2D eigenvalue weighted by Gasteiger charge is 2.50. The van der Waals surface area contributed by atoms with E-state index in [1.54, 1.807) is 0 Å². The fraction of sp³-hybridized carbons (Fsp3) is 0.710. The number of unbranched alkanes of at least 4 members (excludes halogenated alkanes) is 24. The normalized spacial score (nSPS) is 18.4. The SMILES string of the molecule is CC/C=C\C/C=C\C/C=C\C/C=C\CCCCCCCCC(=O)OCC(COC1OC(C(=O)O)C(O)C(O)C1OC(=O)CCCCCCCCC/C=C\CCCCCCCC)OC(=O)CCCCCCC/C=C\C/C=C\C/C=C\CC. The number of carbonyl (C=O) groups excluding carboxylic acids is 3. The number of ether oxygens (including phenoxy) is 5. The van der Waals surface area contributed by atoms with Gasteiger partial charge in [-0.25, -0.2) is 4.79 Å². The smallest absolute Gasteiger partial charge is 0.335 e. The van der Waals surface area contributed by atoms with Gasteiger partial charge in [-0.05, 0) is 116 Å².